The average molecular weight is 373 g/mol. The molecule has 140 valence electrons. The first-order valence-corrected chi connectivity index (χ1v) is 10.2. The summed E-state index contributed by atoms with van der Waals surface area (Å²) in [5, 5.41) is 8.66. The number of rotatable bonds is 4. The van der Waals surface area contributed by atoms with Crippen LogP contribution in [-0.2, 0) is 6.54 Å². The summed E-state index contributed by atoms with van der Waals surface area (Å²) in [6.45, 7) is 9.13. The number of pyridine rings is 1. The molecule has 1 saturated heterocycles. The van der Waals surface area contributed by atoms with E-state index in [1.54, 1.807) is 0 Å². The van der Waals surface area contributed by atoms with Crippen LogP contribution in [0.15, 0.2) is 29.4 Å². The fourth-order valence-electron chi connectivity index (χ4n) is 3.18. The van der Waals surface area contributed by atoms with E-state index in [0.717, 1.165) is 54.1 Å². The molecule has 1 atom stereocenters. The Morgan fingerprint density at radius 1 is 1.38 bits per heavy atom. The Morgan fingerprint density at radius 2 is 2.23 bits per heavy atom. The van der Waals surface area contributed by atoms with E-state index >= 15 is 0 Å². The third kappa shape index (κ3) is 4.38. The number of hydrogen-bond donors (Lipinski definition) is 1. The van der Waals surface area contributed by atoms with Crippen molar-refractivity contribution in [3.8, 4) is 5.82 Å². The van der Waals surface area contributed by atoms with Crippen LogP contribution in [-0.4, -0.2) is 56.8 Å². The third-order valence-corrected chi connectivity index (χ3v) is 5.96. The molecule has 6 nitrogen and oxygen atoms in total. The molecule has 1 N–H and O–H groups in total. The molecule has 1 unspecified atom stereocenters. The van der Waals surface area contributed by atoms with Crippen molar-refractivity contribution in [3.05, 3.63) is 41.3 Å². The number of nitrogens with zero attached hydrogens (tertiary/aromatic N) is 5. The van der Waals surface area contributed by atoms with Crippen molar-refractivity contribution in [1.29, 1.82) is 0 Å². The van der Waals surface area contributed by atoms with Gasteiger partial charge in [-0.3, -0.25) is 4.99 Å². The van der Waals surface area contributed by atoms with E-state index in [2.05, 4.69) is 56.1 Å². The van der Waals surface area contributed by atoms with Gasteiger partial charge in [-0.2, -0.15) is 16.9 Å². The molecule has 3 rings (SSSR count). The van der Waals surface area contributed by atoms with E-state index < -0.39 is 0 Å². The van der Waals surface area contributed by atoms with Gasteiger partial charge in [0.1, 0.15) is 0 Å². The lowest BCUT2D eigenvalue weighted by Crippen LogP contribution is -2.47. The van der Waals surface area contributed by atoms with E-state index in [9.17, 15) is 0 Å². The number of aryl methyl sites for hydroxylation is 2. The zero-order valence-corrected chi connectivity index (χ0v) is 16.9. The molecule has 1 aliphatic rings. The number of thioether (sulfide) groups is 1. The molecule has 0 amide bonds. The van der Waals surface area contributed by atoms with Gasteiger partial charge >= 0.3 is 0 Å². The smallest absolute Gasteiger partial charge is 0.193 e. The molecular formula is C19H28N6S. The van der Waals surface area contributed by atoms with Crippen molar-refractivity contribution in [1.82, 2.24) is 25.0 Å². The Bertz CT molecular complexity index is 752. The number of nitrogens with one attached hydrogen (secondary N) is 1. The van der Waals surface area contributed by atoms with Crippen LogP contribution in [0.4, 0.5) is 0 Å². The first-order valence-electron chi connectivity index (χ1n) is 9.16. The highest BCUT2D eigenvalue weighted by molar-refractivity contribution is 8.00. The van der Waals surface area contributed by atoms with E-state index in [4.69, 9.17) is 0 Å². The summed E-state index contributed by atoms with van der Waals surface area (Å²) < 4.78 is 1.88. The van der Waals surface area contributed by atoms with Gasteiger partial charge in [0, 0.05) is 49.6 Å². The highest BCUT2D eigenvalue weighted by atomic mass is 32.2. The van der Waals surface area contributed by atoms with Gasteiger partial charge in [-0.25, -0.2) is 9.67 Å². The topological polar surface area (TPSA) is 58.3 Å². The van der Waals surface area contributed by atoms with Crippen molar-refractivity contribution in [3.63, 3.8) is 0 Å². The zero-order chi connectivity index (χ0) is 18.5. The van der Waals surface area contributed by atoms with Crippen molar-refractivity contribution in [2.24, 2.45) is 4.99 Å². The maximum Gasteiger partial charge on any atom is 0.193 e. The summed E-state index contributed by atoms with van der Waals surface area (Å²) in [7, 11) is 1.86. The van der Waals surface area contributed by atoms with Crippen LogP contribution in [0.25, 0.3) is 5.82 Å². The summed E-state index contributed by atoms with van der Waals surface area (Å²) in [6, 6.07) is 6.17. The van der Waals surface area contributed by atoms with Crippen LogP contribution >= 0.6 is 11.8 Å². The maximum absolute atomic E-state index is 4.57. The molecule has 0 spiro atoms. The Labute approximate surface area is 160 Å². The Hall–Kier alpha value is -2.02. The molecule has 0 saturated carbocycles. The fraction of sp³-hybridized carbons (Fsp3) is 0.526. The molecule has 0 radical (unpaired) electrons. The predicted octanol–water partition coefficient (Wildman–Crippen LogP) is 2.79. The standard InChI is InChI=1S/C19H28N6S/c1-5-17-13-24(8-9-26-17)19(20-4)22-12-16-6-7-18(21-11-16)25-15(3)10-14(2)23-25/h6-7,10-11,17H,5,8-9,12-13H2,1-4H3,(H,20,22). The molecular weight excluding hydrogens is 344 g/mol. The fourth-order valence-corrected chi connectivity index (χ4v) is 4.36. The first kappa shape index (κ1) is 18.8. The van der Waals surface area contributed by atoms with E-state index in [0.29, 0.717) is 5.25 Å². The molecule has 1 fully saturated rings. The van der Waals surface area contributed by atoms with Crippen molar-refractivity contribution < 1.29 is 0 Å². The first-order chi connectivity index (χ1) is 12.6. The lowest BCUT2D eigenvalue weighted by atomic mass is 10.2. The molecule has 7 heteroatoms. The molecule has 0 bridgehead atoms. The second kappa shape index (κ2) is 8.58. The minimum absolute atomic E-state index is 0.698. The summed E-state index contributed by atoms with van der Waals surface area (Å²) in [4.78, 5) is 11.4. The summed E-state index contributed by atoms with van der Waals surface area (Å²) in [5.41, 5.74) is 3.23. The second-order valence-corrected chi connectivity index (χ2v) is 8.02. The van der Waals surface area contributed by atoms with Crippen molar-refractivity contribution in [2.45, 2.75) is 39.0 Å². The lowest BCUT2D eigenvalue weighted by molar-refractivity contribution is 0.408. The van der Waals surface area contributed by atoms with Gasteiger partial charge in [-0.05, 0) is 38.0 Å². The van der Waals surface area contributed by atoms with Crippen LogP contribution in [0.1, 0.15) is 30.3 Å². The molecule has 1 aliphatic heterocycles. The normalized spacial score (nSPS) is 18.2. The van der Waals surface area contributed by atoms with E-state index in [1.165, 1.54) is 6.42 Å². The summed E-state index contributed by atoms with van der Waals surface area (Å²) in [6.07, 6.45) is 3.11. The van der Waals surface area contributed by atoms with Gasteiger partial charge in [0.25, 0.3) is 0 Å². The Balaban J connectivity index is 1.61. The average Bonchev–Trinajstić information content (AvgIpc) is 3.01. The number of hydrogen-bond acceptors (Lipinski definition) is 4. The molecule has 26 heavy (non-hydrogen) atoms. The monoisotopic (exact) mass is 372 g/mol. The lowest BCUT2D eigenvalue weighted by Gasteiger charge is -2.34. The quantitative estimate of drug-likeness (QED) is 0.661. The number of guanidine groups is 1. The number of aromatic nitrogens is 3. The van der Waals surface area contributed by atoms with Gasteiger partial charge in [0.2, 0.25) is 0 Å². The molecule has 3 heterocycles. The van der Waals surface area contributed by atoms with Crippen LogP contribution in [0.5, 0.6) is 0 Å². The molecule has 0 aliphatic carbocycles. The SMILES string of the molecule is CCC1CN(C(=NC)NCc2ccc(-n3nc(C)cc3C)nc2)CCS1. The van der Waals surface area contributed by atoms with Gasteiger partial charge < -0.3 is 10.2 Å². The van der Waals surface area contributed by atoms with Crippen LogP contribution in [0, 0.1) is 13.8 Å². The van der Waals surface area contributed by atoms with Crippen molar-refractivity contribution in [2.75, 3.05) is 25.9 Å². The second-order valence-electron chi connectivity index (χ2n) is 6.61. The maximum atomic E-state index is 4.57. The van der Waals surface area contributed by atoms with Gasteiger partial charge in [-0.1, -0.05) is 13.0 Å². The number of aliphatic imine (C=N–C) groups is 1. The van der Waals surface area contributed by atoms with Crippen LogP contribution < -0.4 is 5.32 Å². The third-order valence-electron chi connectivity index (χ3n) is 4.59. The van der Waals surface area contributed by atoms with E-state index in [1.807, 2.05) is 37.8 Å². The van der Waals surface area contributed by atoms with Crippen LogP contribution in [0.3, 0.4) is 0 Å². The minimum atomic E-state index is 0.698. The molecule has 0 aromatic carbocycles. The van der Waals surface area contributed by atoms with Crippen molar-refractivity contribution >= 4 is 17.7 Å². The highest BCUT2D eigenvalue weighted by Gasteiger charge is 2.21. The zero-order valence-electron chi connectivity index (χ0n) is 16.1. The van der Waals surface area contributed by atoms with Crippen LogP contribution in [0.2, 0.25) is 0 Å². The van der Waals surface area contributed by atoms with E-state index in [-0.39, 0.29) is 0 Å². The van der Waals surface area contributed by atoms with Gasteiger partial charge in [0.15, 0.2) is 11.8 Å². The summed E-state index contributed by atoms with van der Waals surface area (Å²) >= 11 is 2.07. The van der Waals surface area contributed by atoms with Gasteiger partial charge in [-0.15, -0.1) is 0 Å². The molecule has 2 aromatic rings. The molecule has 2 aromatic heterocycles. The predicted molar refractivity (Wildman–Crippen MR) is 109 cm³/mol. The summed E-state index contributed by atoms with van der Waals surface area (Å²) in [5.74, 6) is 2.99. The minimum Gasteiger partial charge on any atom is -0.352 e. The Kier molecular flexibility index (Phi) is 6.19. The Morgan fingerprint density at radius 3 is 2.85 bits per heavy atom. The highest BCUT2D eigenvalue weighted by Crippen LogP contribution is 2.21. The van der Waals surface area contributed by atoms with Gasteiger partial charge in [0.05, 0.1) is 5.69 Å². The largest absolute Gasteiger partial charge is 0.352 e.